The van der Waals surface area contributed by atoms with Gasteiger partial charge in [-0.1, -0.05) is 163 Å². The first-order valence-electron chi connectivity index (χ1n) is 19.2. The molecular formula is C53H37NO. The Hall–Kier alpha value is -6.90. The minimum Gasteiger partial charge on any atom is -0.455 e. The number of rotatable bonds is 6. The van der Waals surface area contributed by atoms with E-state index < -0.39 is 5.41 Å². The van der Waals surface area contributed by atoms with E-state index in [0.29, 0.717) is 0 Å². The van der Waals surface area contributed by atoms with Crippen LogP contribution in [0.1, 0.15) is 29.5 Å². The Morgan fingerprint density at radius 1 is 0.491 bits per heavy atom. The molecule has 8 aromatic carbocycles. The molecule has 9 aromatic rings. The molecule has 0 amide bonds. The van der Waals surface area contributed by atoms with Crippen molar-refractivity contribution in [2.75, 3.05) is 4.90 Å². The van der Waals surface area contributed by atoms with Gasteiger partial charge < -0.3 is 9.32 Å². The number of allylic oxidation sites excluding steroid dienone is 4. The fourth-order valence-corrected chi connectivity index (χ4v) is 9.45. The summed E-state index contributed by atoms with van der Waals surface area (Å²) in [4.78, 5) is 2.43. The lowest BCUT2D eigenvalue weighted by Crippen LogP contribution is -2.30. The summed E-state index contributed by atoms with van der Waals surface area (Å²) in [6, 6.07) is 66.4. The molecule has 1 unspecified atom stereocenters. The second-order valence-corrected chi connectivity index (χ2v) is 14.7. The first-order chi connectivity index (χ1) is 27.3. The van der Waals surface area contributed by atoms with E-state index >= 15 is 0 Å². The molecule has 0 radical (unpaired) electrons. The fourth-order valence-electron chi connectivity index (χ4n) is 9.45. The molecule has 0 fully saturated rings. The maximum absolute atomic E-state index is 6.80. The summed E-state index contributed by atoms with van der Waals surface area (Å²) in [7, 11) is 0. The van der Waals surface area contributed by atoms with Gasteiger partial charge in [-0.05, 0) is 93.9 Å². The Bertz CT molecular complexity index is 2990. The minimum atomic E-state index is -0.417. The number of nitrogens with zero attached hydrogens (tertiary/aromatic N) is 1. The van der Waals surface area contributed by atoms with Crippen LogP contribution in [0.25, 0.3) is 55.0 Å². The van der Waals surface area contributed by atoms with Crippen LogP contribution >= 0.6 is 0 Å². The lowest BCUT2D eigenvalue weighted by Gasteiger charge is -2.37. The Balaban J connectivity index is 1.16. The van der Waals surface area contributed by atoms with Crippen molar-refractivity contribution in [2.45, 2.75) is 18.3 Å². The van der Waals surface area contributed by atoms with E-state index in [4.69, 9.17) is 4.42 Å². The van der Waals surface area contributed by atoms with Gasteiger partial charge in [0.2, 0.25) is 0 Å². The van der Waals surface area contributed by atoms with E-state index in [-0.39, 0.29) is 0 Å². The molecule has 0 N–H and O–H groups in total. The zero-order valence-corrected chi connectivity index (χ0v) is 30.3. The topological polar surface area (TPSA) is 16.4 Å². The highest BCUT2D eigenvalue weighted by Gasteiger charge is 2.47. The molecule has 0 bridgehead atoms. The van der Waals surface area contributed by atoms with Gasteiger partial charge in [0.05, 0.1) is 11.1 Å². The van der Waals surface area contributed by atoms with E-state index in [2.05, 4.69) is 205 Å². The smallest absolute Gasteiger partial charge is 0.143 e. The quantitative estimate of drug-likeness (QED) is 0.171. The number of benzene rings is 8. The molecule has 0 saturated carbocycles. The first kappa shape index (κ1) is 31.6. The van der Waals surface area contributed by atoms with Crippen LogP contribution in [-0.2, 0) is 5.41 Å². The third kappa shape index (κ3) is 4.81. The van der Waals surface area contributed by atoms with Gasteiger partial charge >= 0.3 is 0 Å². The van der Waals surface area contributed by atoms with Crippen molar-refractivity contribution in [3.63, 3.8) is 0 Å². The van der Waals surface area contributed by atoms with E-state index in [1.165, 1.54) is 44.2 Å². The van der Waals surface area contributed by atoms with Gasteiger partial charge in [0.1, 0.15) is 11.2 Å². The van der Waals surface area contributed by atoms with Gasteiger partial charge in [-0.3, -0.25) is 0 Å². The SMILES string of the molecule is C1=CCCC(C2(c3ccccc3)c3ccccc3-c3ccc(N(c4ccccc4)c4ccccc4-c4cccc5c4oc4cc6ccccc6cc45)cc32)=C1. The van der Waals surface area contributed by atoms with Crippen LogP contribution in [-0.4, -0.2) is 0 Å². The molecule has 1 heterocycles. The second-order valence-electron chi connectivity index (χ2n) is 14.7. The van der Waals surface area contributed by atoms with Crippen LogP contribution in [0.5, 0.6) is 0 Å². The van der Waals surface area contributed by atoms with Gasteiger partial charge in [-0.2, -0.15) is 0 Å². The number of anilines is 3. The molecule has 260 valence electrons. The molecular weight excluding hydrogens is 667 g/mol. The summed E-state index contributed by atoms with van der Waals surface area (Å²) in [5.41, 5.74) is 14.9. The molecule has 0 spiro atoms. The molecule has 11 rings (SSSR count). The number of para-hydroxylation sites is 3. The predicted octanol–water partition coefficient (Wildman–Crippen LogP) is 14.5. The normalized spacial score (nSPS) is 16.0. The zero-order valence-electron chi connectivity index (χ0n) is 30.3. The van der Waals surface area contributed by atoms with Gasteiger partial charge in [0.15, 0.2) is 0 Å². The number of hydrogen-bond donors (Lipinski definition) is 0. The van der Waals surface area contributed by atoms with Crippen LogP contribution in [0.3, 0.4) is 0 Å². The van der Waals surface area contributed by atoms with Crippen molar-refractivity contribution in [3.05, 3.63) is 222 Å². The maximum atomic E-state index is 6.80. The van der Waals surface area contributed by atoms with E-state index in [9.17, 15) is 0 Å². The van der Waals surface area contributed by atoms with Gasteiger partial charge in [-0.25, -0.2) is 0 Å². The summed E-state index contributed by atoms with van der Waals surface area (Å²) in [6.45, 7) is 0. The molecule has 0 saturated heterocycles. The van der Waals surface area contributed by atoms with E-state index in [1.807, 2.05) is 0 Å². The standard InChI is InChI=1S/C53H37NO/c1-4-19-38(20-5-1)53(39-21-6-2-7-22-39)48-29-14-12-25-42(48)43-32-31-41(35-49(43)53)54(40-23-8-3-9-24-40)50-30-15-13-26-44(50)45-27-16-28-46-47-33-36-17-10-11-18-37(36)34-51(47)55-52(45)46/h1-6,8-21,23-35H,7,22H2. The largest absolute Gasteiger partial charge is 0.455 e. The van der Waals surface area contributed by atoms with Crippen molar-refractivity contribution >= 4 is 49.8 Å². The average Bonchev–Trinajstić information content (AvgIpc) is 3.77. The van der Waals surface area contributed by atoms with E-state index in [0.717, 1.165) is 63.0 Å². The highest BCUT2D eigenvalue weighted by molar-refractivity contribution is 6.14. The summed E-state index contributed by atoms with van der Waals surface area (Å²) < 4.78 is 6.80. The monoisotopic (exact) mass is 703 g/mol. The van der Waals surface area contributed by atoms with Crippen molar-refractivity contribution < 1.29 is 4.42 Å². The highest BCUT2D eigenvalue weighted by Crippen LogP contribution is 2.59. The third-order valence-electron chi connectivity index (χ3n) is 11.8. The van der Waals surface area contributed by atoms with Gasteiger partial charge in [0, 0.05) is 33.3 Å². The molecule has 1 atom stereocenters. The van der Waals surface area contributed by atoms with Crippen LogP contribution < -0.4 is 4.90 Å². The summed E-state index contributed by atoms with van der Waals surface area (Å²) in [5.74, 6) is 0. The Kier molecular flexibility index (Phi) is 7.25. The van der Waals surface area contributed by atoms with Crippen molar-refractivity contribution in [1.29, 1.82) is 0 Å². The Labute approximate surface area is 320 Å². The minimum absolute atomic E-state index is 0.417. The van der Waals surface area contributed by atoms with Crippen LogP contribution in [0, 0.1) is 0 Å². The molecule has 1 aromatic heterocycles. The predicted molar refractivity (Wildman–Crippen MR) is 230 cm³/mol. The number of furan rings is 1. The molecule has 55 heavy (non-hydrogen) atoms. The van der Waals surface area contributed by atoms with Crippen molar-refractivity contribution in [1.82, 2.24) is 0 Å². The molecule has 2 heteroatoms. The highest BCUT2D eigenvalue weighted by atomic mass is 16.3. The second kappa shape index (κ2) is 12.6. The lowest BCUT2D eigenvalue weighted by molar-refractivity contribution is 0.670. The zero-order chi connectivity index (χ0) is 36.3. The summed E-state index contributed by atoms with van der Waals surface area (Å²) in [6.07, 6.45) is 8.95. The average molecular weight is 704 g/mol. The van der Waals surface area contributed by atoms with Gasteiger partial charge in [0.25, 0.3) is 0 Å². The molecule has 2 nitrogen and oxygen atoms in total. The lowest BCUT2D eigenvalue weighted by atomic mass is 9.65. The molecule has 0 aliphatic heterocycles. The van der Waals surface area contributed by atoms with Crippen LogP contribution in [0.15, 0.2) is 210 Å². The molecule has 2 aliphatic carbocycles. The van der Waals surface area contributed by atoms with Gasteiger partial charge in [-0.15, -0.1) is 0 Å². The number of hydrogen-bond acceptors (Lipinski definition) is 2. The number of fused-ring (bicyclic) bond motifs is 7. The summed E-state index contributed by atoms with van der Waals surface area (Å²) >= 11 is 0. The van der Waals surface area contributed by atoms with Crippen LogP contribution in [0.2, 0.25) is 0 Å². The van der Waals surface area contributed by atoms with E-state index in [1.54, 1.807) is 0 Å². The first-order valence-corrected chi connectivity index (χ1v) is 19.2. The van der Waals surface area contributed by atoms with Crippen molar-refractivity contribution in [2.24, 2.45) is 0 Å². The maximum Gasteiger partial charge on any atom is 0.143 e. The van der Waals surface area contributed by atoms with Crippen LogP contribution in [0.4, 0.5) is 17.1 Å². The Morgan fingerprint density at radius 2 is 1.18 bits per heavy atom. The molecule has 2 aliphatic rings. The third-order valence-corrected chi connectivity index (χ3v) is 11.8. The van der Waals surface area contributed by atoms with Crippen molar-refractivity contribution in [3.8, 4) is 22.3 Å². The fraction of sp³-hybridized carbons (Fsp3) is 0.0566. The Morgan fingerprint density at radius 3 is 2.00 bits per heavy atom. The summed E-state index contributed by atoms with van der Waals surface area (Å²) in [5, 5.41) is 4.65.